The number of benzene rings is 1. The highest BCUT2D eigenvalue weighted by Crippen LogP contribution is 2.30. The lowest BCUT2D eigenvalue weighted by molar-refractivity contribution is -0.147. The van der Waals surface area contributed by atoms with Crippen LogP contribution in [0.25, 0.3) is 0 Å². The summed E-state index contributed by atoms with van der Waals surface area (Å²) in [5.41, 5.74) is -0.408. The fourth-order valence-corrected chi connectivity index (χ4v) is 5.06. The predicted molar refractivity (Wildman–Crippen MR) is 108 cm³/mol. The van der Waals surface area contributed by atoms with Crippen molar-refractivity contribution in [1.82, 2.24) is 9.21 Å². The lowest BCUT2D eigenvalue weighted by atomic mass is 9.88. The number of halogens is 1. The number of nitrogens with zero attached hydrogens (tertiary/aromatic N) is 2. The lowest BCUT2D eigenvalue weighted by Gasteiger charge is -2.47. The van der Waals surface area contributed by atoms with Gasteiger partial charge in [0, 0.05) is 32.2 Å². The van der Waals surface area contributed by atoms with Crippen LogP contribution in [0.2, 0.25) is 5.02 Å². The third-order valence-electron chi connectivity index (χ3n) is 5.76. The molecule has 1 aromatic carbocycles. The van der Waals surface area contributed by atoms with Gasteiger partial charge in [0.05, 0.1) is 17.4 Å². The zero-order valence-electron chi connectivity index (χ0n) is 16.3. The average molecular weight is 433 g/mol. The SMILES string of the molecule is Cc1ccc(Cl)c(OC[C@@]2(O)CN(C3CCN(S(C)(=O)=O)CC3)CC[C@@H]2O)c1. The smallest absolute Gasteiger partial charge is 0.211 e. The molecule has 7 nitrogen and oxygen atoms in total. The maximum absolute atomic E-state index is 11.7. The molecular weight excluding hydrogens is 404 g/mol. The first-order valence-corrected chi connectivity index (χ1v) is 11.8. The van der Waals surface area contributed by atoms with E-state index < -0.39 is 21.7 Å². The van der Waals surface area contributed by atoms with Gasteiger partial charge in [0.15, 0.2) is 0 Å². The molecule has 9 heteroatoms. The van der Waals surface area contributed by atoms with Crippen LogP contribution in [0.1, 0.15) is 24.8 Å². The molecule has 28 heavy (non-hydrogen) atoms. The molecule has 0 radical (unpaired) electrons. The van der Waals surface area contributed by atoms with Gasteiger partial charge in [-0.3, -0.25) is 4.90 Å². The normalized spacial score (nSPS) is 28.4. The van der Waals surface area contributed by atoms with Crippen LogP contribution in [-0.2, 0) is 10.0 Å². The summed E-state index contributed by atoms with van der Waals surface area (Å²) in [6.45, 7) is 3.78. The number of aliphatic hydroxyl groups excluding tert-OH is 1. The Morgan fingerprint density at radius 3 is 2.57 bits per heavy atom. The van der Waals surface area contributed by atoms with E-state index in [1.165, 1.54) is 10.6 Å². The summed E-state index contributed by atoms with van der Waals surface area (Å²) < 4.78 is 30.7. The number of piperidine rings is 2. The molecule has 2 fully saturated rings. The second-order valence-electron chi connectivity index (χ2n) is 7.99. The Labute approximate surface area is 171 Å². The maximum Gasteiger partial charge on any atom is 0.211 e. The molecule has 2 aliphatic rings. The number of aliphatic hydroxyl groups is 2. The second-order valence-corrected chi connectivity index (χ2v) is 10.4. The minimum atomic E-state index is -3.17. The topological polar surface area (TPSA) is 90.3 Å². The number of ether oxygens (including phenoxy) is 1. The second kappa shape index (κ2) is 8.45. The van der Waals surface area contributed by atoms with Crippen molar-refractivity contribution in [3.05, 3.63) is 28.8 Å². The first-order valence-electron chi connectivity index (χ1n) is 9.57. The molecule has 0 aliphatic carbocycles. The molecule has 0 saturated carbocycles. The highest BCUT2D eigenvalue weighted by Gasteiger charge is 2.44. The average Bonchev–Trinajstić information content (AvgIpc) is 2.64. The fraction of sp³-hybridized carbons (Fsp3) is 0.684. The van der Waals surface area contributed by atoms with Crippen molar-refractivity contribution in [2.45, 2.75) is 43.9 Å². The van der Waals surface area contributed by atoms with Gasteiger partial charge in [0.2, 0.25) is 10.0 Å². The largest absolute Gasteiger partial charge is 0.489 e. The summed E-state index contributed by atoms with van der Waals surface area (Å²) in [6.07, 6.45) is 2.21. The summed E-state index contributed by atoms with van der Waals surface area (Å²) in [6, 6.07) is 5.61. The Balaban J connectivity index is 1.63. The summed E-state index contributed by atoms with van der Waals surface area (Å²) in [4.78, 5) is 2.15. The van der Waals surface area contributed by atoms with Gasteiger partial charge in [-0.15, -0.1) is 0 Å². The molecule has 2 aliphatic heterocycles. The Bertz CT molecular complexity index is 798. The van der Waals surface area contributed by atoms with Crippen molar-refractivity contribution in [3.8, 4) is 5.75 Å². The Hall–Kier alpha value is -0.900. The Morgan fingerprint density at radius 2 is 1.93 bits per heavy atom. The molecule has 0 unspecified atom stereocenters. The van der Waals surface area contributed by atoms with Crippen molar-refractivity contribution >= 4 is 21.6 Å². The third-order valence-corrected chi connectivity index (χ3v) is 7.38. The molecule has 0 aromatic heterocycles. The molecule has 2 heterocycles. The summed E-state index contributed by atoms with van der Waals surface area (Å²) in [5, 5.41) is 22.0. The summed E-state index contributed by atoms with van der Waals surface area (Å²) >= 11 is 6.16. The molecule has 2 saturated heterocycles. The van der Waals surface area contributed by atoms with Gasteiger partial charge in [0.25, 0.3) is 0 Å². The van der Waals surface area contributed by atoms with Crippen LogP contribution in [0, 0.1) is 6.92 Å². The van der Waals surface area contributed by atoms with Crippen LogP contribution in [0.5, 0.6) is 5.75 Å². The van der Waals surface area contributed by atoms with Crippen molar-refractivity contribution in [2.24, 2.45) is 0 Å². The molecule has 0 bridgehead atoms. The molecule has 1 aromatic rings. The van der Waals surface area contributed by atoms with Crippen LogP contribution >= 0.6 is 11.6 Å². The van der Waals surface area contributed by atoms with Gasteiger partial charge in [-0.05, 0) is 43.9 Å². The van der Waals surface area contributed by atoms with Crippen LogP contribution in [0.4, 0.5) is 0 Å². The zero-order chi connectivity index (χ0) is 20.5. The standard InChI is InChI=1S/C19H29ClN2O5S/c1-14-3-4-16(20)17(11-14)27-13-19(24)12-21(8-7-18(19)23)15-5-9-22(10-6-15)28(2,25)26/h3-4,11,15,18,23-24H,5-10,12-13H2,1-2H3/t18-,19-/m0/s1. The van der Waals surface area contributed by atoms with Crippen LogP contribution < -0.4 is 4.74 Å². The first-order chi connectivity index (χ1) is 13.1. The van der Waals surface area contributed by atoms with E-state index >= 15 is 0 Å². The molecule has 0 spiro atoms. The van der Waals surface area contributed by atoms with E-state index in [2.05, 4.69) is 4.90 Å². The predicted octanol–water partition coefficient (Wildman–Crippen LogP) is 1.25. The van der Waals surface area contributed by atoms with Crippen molar-refractivity contribution in [3.63, 3.8) is 0 Å². The van der Waals surface area contributed by atoms with Gasteiger partial charge in [0.1, 0.15) is 18.0 Å². The summed E-state index contributed by atoms with van der Waals surface area (Å²) in [7, 11) is -3.17. The minimum absolute atomic E-state index is 0.0595. The van der Waals surface area contributed by atoms with Gasteiger partial charge in [-0.2, -0.15) is 0 Å². The van der Waals surface area contributed by atoms with E-state index in [-0.39, 0.29) is 19.2 Å². The number of β-amino-alcohol motifs (C(OH)–C–C–N with tert-alkyl or cyclic N) is 1. The van der Waals surface area contributed by atoms with Crippen LogP contribution in [-0.4, -0.2) is 84.6 Å². The summed E-state index contributed by atoms with van der Waals surface area (Å²) in [5.74, 6) is 0.487. The molecule has 0 amide bonds. The zero-order valence-corrected chi connectivity index (χ0v) is 17.9. The number of sulfonamides is 1. The van der Waals surface area contributed by atoms with E-state index in [1.54, 1.807) is 12.1 Å². The van der Waals surface area contributed by atoms with Gasteiger partial charge < -0.3 is 14.9 Å². The molecule has 3 rings (SSSR count). The fourth-order valence-electron chi connectivity index (χ4n) is 4.01. The van der Waals surface area contributed by atoms with E-state index in [1.807, 2.05) is 13.0 Å². The molecular formula is C19H29ClN2O5S. The Morgan fingerprint density at radius 1 is 1.25 bits per heavy atom. The minimum Gasteiger partial charge on any atom is -0.489 e. The lowest BCUT2D eigenvalue weighted by Crippen LogP contribution is -2.62. The maximum atomic E-state index is 11.7. The number of rotatable bonds is 5. The van der Waals surface area contributed by atoms with Gasteiger partial charge in [-0.25, -0.2) is 12.7 Å². The Kier molecular flexibility index (Phi) is 6.58. The van der Waals surface area contributed by atoms with E-state index in [0.29, 0.717) is 49.7 Å². The number of hydrogen-bond donors (Lipinski definition) is 2. The number of hydrogen-bond acceptors (Lipinski definition) is 6. The van der Waals surface area contributed by atoms with Crippen molar-refractivity contribution < 1.29 is 23.4 Å². The van der Waals surface area contributed by atoms with Crippen LogP contribution in [0.3, 0.4) is 0 Å². The van der Waals surface area contributed by atoms with Gasteiger partial charge >= 0.3 is 0 Å². The monoisotopic (exact) mass is 432 g/mol. The highest BCUT2D eigenvalue weighted by molar-refractivity contribution is 7.88. The third kappa shape index (κ3) is 4.98. The molecule has 2 atom stereocenters. The number of aryl methyl sites for hydroxylation is 1. The molecule has 158 valence electrons. The van der Waals surface area contributed by atoms with Crippen molar-refractivity contribution in [1.29, 1.82) is 0 Å². The van der Waals surface area contributed by atoms with Crippen LogP contribution in [0.15, 0.2) is 18.2 Å². The van der Waals surface area contributed by atoms with E-state index in [9.17, 15) is 18.6 Å². The number of likely N-dealkylation sites (tertiary alicyclic amines) is 1. The molecule has 2 N–H and O–H groups in total. The highest BCUT2D eigenvalue weighted by atomic mass is 35.5. The van der Waals surface area contributed by atoms with Gasteiger partial charge in [-0.1, -0.05) is 17.7 Å². The quantitative estimate of drug-likeness (QED) is 0.727. The van der Waals surface area contributed by atoms with E-state index in [0.717, 1.165) is 5.56 Å². The van der Waals surface area contributed by atoms with Crippen molar-refractivity contribution in [2.75, 3.05) is 39.0 Å². The first kappa shape index (κ1) is 21.8. The van der Waals surface area contributed by atoms with E-state index in [4.69, 9.17) is 16.3 Å².